The van der Waals surface area contributed by atoms with Gasteiger partial charge in [-0.3, -0.25) is 0 Å². The fourth-order valence-corrected chi connectivity index (χ4v) is 0.937. The van der Waals surface area contributed by atoms with Crippen LogP contribution in [0.5, 0.6) is 0 Å². The highest BCUT2D eigenvalue weighted by Crippen LogP contribution is 1.99. The summed E-state index contributed by atoms with van der Waals surface area (Å²) < 4.78 is 4.73. The van der Waals surface area contributed by atoms with E-state index in [2.05, 4.69) is 19.6 Å². The molecule has 4 heteroatoms. The topological polar surface area (TPSA) is 46.5 Å². The van der Waals surface area contributed by atoms with Crippen LogP contribution in [-0.4, -0.2) is 32.0 Å². The summed E-state index contributed by atoms with van der Waals surface area (Å²) in [5, 5.41) is 8.27. The van der Waals surface area contributed by atoms with Crippen molar-refractivity contribution >= 4 is 14.0 Å². The predicted octanol–water partition coefficient (Wildman–Crippen LogP) is 0.399. The van der Waals surface area contributed by atoms with Gasteiger partial charge >= 0.3 is 5.97 Å². The van der Waals surface area contributed by atoms with Gasteiger partial charge in [0.05, 0.1) is 14.3 Å². The molecular weight excluding hydrogens is 148 g/mol. The van der Waals surface area contributed by atoms with Crippen LogP contribution in [0.25, 0.3) is 0 Å². The molecule has 60 valence electrons. The normalized spacial score (nSPS) is 11.2. The Bertz CT molecular complexity index is 117. The largest absolute Gasteiger partial charge is 0.468 e. The Morgan fingerprint density at radius 3 is 2.30 bits per heavy atom. The SMILES string of the molecule is C[Si](C)(C)COC(=O)CO. The smallest absolute Gasteiger partial charge is 0.331 e. The molecule has 0 fully saturated rings. The van der Waals surface area contributed by atoms with Crippen LogP contribution >= 0.6 is 0 Å². The molecule has 0 unspecified atom stereocenters. The van der Waals surface area contributed by atoms with Crippen LogP contribution in [0.15, 0.2) is 0 Å². The molecule has 0 aliphatic carbocycles. The Balaban J connectivity index is 3.46. The first-order valence-corrected chi connectivity index (χ1v) is 6.93. The van der Waals surface area contributed by atoms with Gasteiger partial charge in [-0.1, -0.05) is 19.6 Å². The average molecular weight is 162 g/mol. The van der Waals surface area contributed by atoms with Gasteiger partial charge < -0.3 is 9.84 Å². The summed E-state index contributed by atoms with van der Waals surface area (Å²) in [6.45, 7) is 5.78. The average Bonchev–Trinajstić information content (AvgIpc) is 1.81. The van der Waals surface area contributed by atoms with Gasteiger partial charge in [0.15, 0.2) is 0 Å². The molecule has 0 bridgehead atoms. The van der Waals surface area contributed by atoms with E-state index in [9.17, 15) is 4.79 Å². The molecule has 0 amide bonds. The van der Waals surface area contributed by atoms with E-state index in [4.69, 9.17) is 9.84 Å². The lowest BCUT2D eigenvalue weighted by molar-refractivity contribution is -0.145. The molecule has 0 aromatic rings. The lowest BCUT2D eigenvalue weighted by Gasteiger charge is -2.14. The summed E-state index contributed by atoms with van der Waals surface area (Å²) in [5.74, 6) is -0.526. The molecule has 3 nitrogen and oxygen atoms in total. The maximum Gasteiger partial charge on any atom is 0.331 e. The summed E-state index contributed by atoms with van der Waals surface area (Å²) in [6, 6.07) is 0. The number of carbonyl (C=O) groups excluding carboxylic acids is 1. The van der Waals surface area contributed by atoms with Crippen molar-refractivity contribution < 1.29 is 14.6 Å². The number of ether oxygens (including phenoxy) is 1. The van der Waals surface area contributed by atoms with Gasteiger partial charge in [-0.15, -0.1) is 0 Å². The lowest BCUT2D eigenvalue weighted by atomic mass is 10.8. The van der Waals surface area contributed by atoms with Crippen LogP contribution in [0, 0.1) is 0 Å². The molecular formula is C6H14O3Si. The first kappa shape index (κ1) is 9.65. The van der Waals surface area contributed by atoms with Gasteiger partial charge in [-0.05, 0) is 0 Å². The van der Waals surface area contributed by atoms with Gasteiger partial charge in [0, 0.05) is 0 Å². The van der Waals surface area contributed by atoms with E-state index in [0.29, 0.717) is 6.23 Å². The molecule has 0 saturated carbocycles. The molecule has 10 heavy (non-hydrogen) atoms. The molecule has 0 aromatic heterocycles. The quantitative estimate of drug-likeness (QED) is 0.482. The maximum absolute atomic E-state index is 10.4. The monoisotopic (exact) mass is 162 g/mol. The van der Waals surface area contributed by atoms with Gasteiger partial charge in [-0.25, -0.2) is 4.79 Å². The molecule has 0 radical (unpaired) electrons. The van der Waals surface area contributed by atoms with Crippen molar-refractivity contribution in [2.75, 3.05) is 12.8 Å². The Labute approximate surface area is 62.0 Å². The minimum Gasteiger partial charge on any atom is -0.468 e. The van der Waals surface area contributed by atoms with Gasteiger partial charge in [0.2, 0.25) is 0 Å². The van der Waals surface area contributed by atoms with Crippen LogP contribution in [0.3, 0.4) is 0 Å². The first-order chi connectivity index (χ1) is 4.45. The molecule has 0 aliphatic heterocycles. The summed E-state index contributed by atoms with van der Waals surface area (Å²) in [7, 11) is -1.29. The Hall–Kier alpha value is -0.353. The number of rotatable bonds is 3. The molecule has 0 aromatic carbocycles. The maximum atomic E-state index is 10.4. The number of aliphatic hydroxyl groups is 1. The summed E-state index contributed by atoms with van der Waals surface area (Å²) in [4.78, 5) is 10.4. The summed E-state index contributed by atoms with van der Waals surface area (Å²) in [5.41, 5.74) is 0. The highest BCUT2D eigenvalue weighted by Gasteiger charge is 2.15. The molecule has 0 saturated heterocycles. The zero-order valence-corrected chi connectivity index (χ0v) is 7.68. The minimum absolute atomic E-state index is 0.492. The molecule has 0 heterocycles. The molecule has 0 rings (SSSR count). The van der Waals surface area contributed by atoms with E-state index in [1.165, 1.54) is 0 Å². The minimum atomic E-state index is -1.29. The number of hydrogen-bond acceptors (Lipinski definition) is 3. The second kappa shape index (κ2) is 3.73. The van der Waals surface area contributed by atoms with E-state index in [1.54, 1.807) is 0 Å². The van der Waals surface area contributed by atoms with Crippen LogP contribution < -0.4 is 0 Å². The third kappa shape index (κ3) is 5.78. The molecule has 0 aliphatic rings. The van der Waals surface area contributed by atoms with Crippen molar-refractivity contribution in [2.45, 2.75) is 19.6 Å². The van der Waals surface area contributed by atoms with Crippen molar-refractivity contribution in [3.05, 3.63) is 0 Å². The van der Waals surface area contributed by atoms with Gasteiger partial charge in [0.1, 0.15) is 6.61 Å². The highest BCUT2D eigenvalue weighted by molar-refractivity contribution is 6.76. The fourth-order valence-electron chi connectivity index (χ4n) is 0.343. The van der Waals surface area contributed by atoms with Crippen molar-refractivity contribution in [1.82, 2.24) is 0 Å². The van der Waals surface area contributed by atoms with E-state index in [0.717, 1.165) is 0 Å². The van der Waals surface area contributed by atoms with Crippen molar-refractivity contribution in [3.8, 4) is 0 Å². The third-order valence-corrected chi connectivity index (χ3v) is 1.81. The number of hydrogen-bond donors (Lipinski definition) is 1. The second-order valence-corrected chi connectivity index (χ2v) is 8.79. The van der Waals surface area contributed by atoms with Crippen LogP contribution in [-0.2, 0) is 9.53 Å². The van der Waals surface area contributed by atoms with Gasteiger partial charge in [-0.2, -0.15) is 0 Å². The Morgan fingerprint density at radius 2 is 2.00 bits per heavy atom. The predicted molar refractivity (Wildman–Crippen MR) is 41.4 cm³/mol. The zero-order chi connectivity index (χ0) is 8.20. The summed E-state index contributed by atoms with van der Waals surface area (Å²) >= 11 is 0. The van der Waals surface area contributed by atoms with Gasteiger partial charge in [0.25, 0.3) is 0 Å². The van der Waals surface area contributed by atoms with Crippen molar-refractivity contribution in [3.63, 3.8) is 0 Å². The Morgan fingerprint density at radius 1 is 1.50 bits per heavy atom. The lowest BCUT2D eigenvalue weighted by Crippen LogP contribution is -2.30. The number of carbonyl (C=O) groups is 1. The van der Waals surface area contributed by atoms with E-state index in [1.807, 2.05) is 0 Å². The van der Waals surface area contributed by atoms with Crippen LogP contribution in [0.1, 0.15) is 0 Å². The van der Waals surface area contributed by atoms with Crippen LogP contribution in [0.4, 0.5) is 0 Å². The highest BCUT2D eigenvalue weighted by atomic mass is 28.3. The second-order valence-electron chi connectivity index (χ2n) is 3.38. The standard InChI is InChI=1S/C6H14O3Si/c1-10(2,3)5-9-6(8)4-7/h7H,4-5H2,1-3H3. The van der Waals surface area contributed by atoms with Crippen molar-refractivity contribution in [1.29, 1.82) is 0 Å². The zero-order valence-electron chi connectivity index (χ0n) is 6.68. The third-order valence-electron chi connectivity index (χ3n) is 0.795. The number of aliphatic hydroxyl groups excluding tert-OH is 1. The Kier molecular flexibility index (Phi) is 3.60. The van der Waals surface area contributed by atoms with E-state index in [-0.39, 0.29) is 0 Å². The molecule has 0 spiro atoms. The molecule has 0 atom stereocenters. The molecule has 1 N–H and O–H groups in total. The first-order valence-electron chi connectivity index (χ1n) is 3.22. The number of esters is 1. The van der Waals surface area contributed by atoms with Crippen molar-refractivity contribution in [2.24, 2.45) is 0 Å². The fraction of sp³-hybridized carbons (Fsp3) is 0.833. The summed E-state index contributed by atoms with van der Waals surface area (Å²) in [6.07, 6.45) is 0.492. The van der Waals surface area contributed by atoms with E-state index < -0.39 is 20.7 Å². The van der Waals surface area contributed by atoms with Crippen LogP contribution in [0.2, 0.25) is 19.6 Å². The van der Waals surface area contributed by atoms with E-state index >= 15 is 0 Å².